The number of nitrogens with zero attached hydrogens (tertiary/aromatic N) is 3. The van der Waals surface area contributed by atoms with E-state index >= 15 is 0 Å². The highest BCUT2D eigenvalue weighted by molar-refractivity contribution is 7.07. The zero-order valence-electron chi connectivity index (χ0n) is 14.7. The monoisotopic (exact) mass is 395 g/mol. The fraction of sp³-hybridized carbons (Fsp3) is 0.312. The minimum atomic E-state index is -1.23. The Balaban J connectivity index is 2.41. The van der Waals surface area contributed by atoms with Crippen LogP contribution in [0.4, 0.5) is 5.69 Å². The number of hydrogen-bond donors (Lipinski definition) is 1. The first kappa shape index (κ1) is 20.1. The molecule has 1 N–H and O–H groups in total. The Morgan fingerprint density at radius 1 is 1.41 bits per heavy atom. The molecule has 27 heavy (non-hydrogen) atoms. The molecule has 1 aromatic carbocycles. The molecule has 0 aliphatic rings. The molecule has 144 valence electrons. The second-order valence-corrected chi connectivity index (χ2v) is 6.19. The maximum atomic E-state index is 12.6. The van der Waals surface area contributed by atoms with Gasteiger partial charge in [0.05, 0.1) is 29.3 Å². The molecule has 0 radical (unpaired) electrons. The van der Waals surface area contributed by atoms with Crippen LogP contribution in [0.3, 0.4) is 0 Å². The number of thiazole rings is 1. The van der Waals surface area contributed by atoms with Gasteiger partial charge in [0.15, 0.2) is 11.5 Å². The van der Waals surface area contributed by atoms with Gasteiger partial charge in [0.2, 0.25) is 0 Å². The van der Waals surface area contributed by atoms with E-state index in [-0.39, 0.29) is 23.7 Å². The van der Waals surface area contributed by atoms with Crippen LogP contribution in [-0.4, -0.2) is 52.0 Å². The molecule has 11 heteroatoms. The molecule has 0 aliphatic carbocycles. The number of rotatable bonds is 8. The topological polar surface area (TPSA) is 132 Å². The summed E-state index contributed by atoms with van der Waals surface area (Å²) in [6.45, 7) is 1.37. The molecule has 0 bridgehead atoms. The molecule has 0 spiro atoms. The summed E-state index contributed by atoms with van der Waals surface area (Å²) in [5.74, 6) is -1.87. The van der Waals surface area contributed by atoms with Crippen molar-refractivity contribution in [2.45, 2.75) is 19.6 Å². The van der Waals surface area contributed by atoms with E-state index in [0.29, 0.717) is 5.69 Å². The number of carbonyl (C=O) groups is 2. The number of amides is 1. The lowest BCUT2D eigenvalue weighted by atomic mass is 10.1. The molecule has 1 aromatic heterocycles. The van der Waals surface area contributed by atoms with E-state index < -0.39 is 28.5 Å². The zero-order chi connectivity index (χ0) is 20.1. The number of carbonyl (C=O) groups excluding carboxylic acids is 1. The first-order chi connectivity index (χ1) is 12.8. The minimum absolute atomic E-state index is 0.0697. The van der Waals surface area contributed by atoms with Crippen LogP contribution in [0.1, 0.15) is 23.0 Å². The third-order valence-corrected chi connectivity index (χ3v) is 4.46. The number of carboxylic acid groups (broad SMARTS) is 1. The molecule has 2 aromatic rings. The number of methoxy groups -OCH3 is 1. The highest BCUT2D eigenvalue weighted by atomic mass is 32.1. The van der Waals surface area contributed by atoms with E-state index in [9.17, 15) is 19.7 Å². The molecule has 1 atom stereocenters. The van der Waals surface area contributed by atoms with Gasteiger partial charge in [-0.3, -0.25) is 14.9 Å². The van der Waals surface area contributed by atoms with Gasteiger partial charge in [-0.2, -0.15) is 0 Å². The molecule has 1 heterocycles. The lowest BCUT2D eigenvalue weighted by Crippen LogP contribution is -2.40. The number of carboxylic acids is 1. The Bertz CT molecular complexity index is 854. The minimum Gasteiger partial charge on any atom is -0.493 e. The lowest BCUT2D eigenvalue weighted by Gasteiger charge is -2.22. The first-order valence-corrected chi connectivity index (χ1v) is 8.56. The van der Waals surface area contributed by atoms with E-state index in [4.69, 9.17) is 14.6 Å². The Kier molecular flexibility index (Phi) is 6.29. The van der Waals surface area contributed by atoms with Gasteiger partial charge in [0, 0.05) is 18.5 Å². The molecular formula is C16H17N3O7S. The number of aliphatic carboxylic acids is 1. The first-order valence-electron chi connectivity index (χ1n) is 7.62. The maximum Gasteiger partial charge on any atom is 0.326 e. The molecule has 0 fully saturated rings. The fourth-order valence-corrected chi connectivity index (χ4v) is 2.68. The van der Waals surface area contributed by atoms with Crippen LogP contribution in [0.15, 0.2) is 23.0 Å². The molecular weight excluding hydrogens is 378 g/mol. The maximum absolute atomic E-state index is 12.6. The second-order valence-electron chi connectivity index (χ2n) is 5.48. The van der Waals surface area contributed by atoms with Crippen molar-refractivity contribution in [1.29, 1.82) is 0 Å². The van der Waals surface area contributed by atoms with Gasteiger partial charge in [0.1, 0.15) is 18.2 Å². The average Bonchev–Trinajstić information content (AvgIpc) is 3.17. The summed E-state index contributed by atoms with van der Waals surface area (Å²) in [7, 11) is 2.58. The third-order valence-electron chi connectivity index (χ3n) is 3.83. The average molecular weight is 395 g/mol. The number of ether oxygens (including phenoxy) is 2. The number of benzene rings is 1. The predicted molar refractivity (Wildman–Crippen MR) is 95.3 cm³/mol. The summed E-state index contributed by atoms with van der Waals surface area (Å²) in [5.41, 5.74) is 1.45. The van der Waals surface area contributed by atoms with Crippen molar-refractivity contribution in [1.82, 2.24) is 9.88 Å². The Morgan fingerprint density at radius 3 is 2.63 bits per heavy atom. The van der Waals surface area contributed by atoms with Crippen LogP contribution in [0.2, 0.25) is 0 Å². The largest absolute Gasteiger partial charge is 0.493 e. The van der Waals surface area contributed by atoms with Crippen LogP contribution < -0.4 is 9.47 Å². The number of likely N-dealkylation sites (N-methyl/N-ethyl adjacent to an activating group) is 1. The number of nitro benzene ring substituents is 1. The van der Waals surface area contributed by atoms with Crippen molar-refractivity contribution in [2.75, 3.05) is 14.2 Å². The summed E-state index contributed by atoms with van der Waals surface area (Å²) in [4.78, 5) is 39.4. The van der Waals surface area contributed by atoms with Crippen molar-refractivity contribution in [2.24, 2.45) is 0 Å². The van der Waals surface area contributed by atoms with Crippen LogP contribution in [0.5, 0.6) is 11.5 Å². The third kappa shape index (κ3) is 4.50. The summed E-state index contributed by atoms with van der Waals surface area (Å²) >= 11 is 1.38. The smallest absolute Gasteiger partial charge is 0.326 e. The highest BCUT2D eigenvalue weighted by Gasteiger charge is 2.30. The molecule has 1 unspecified atom stereocenters. The lowest BCUT2D eigenvalue weighted by molar-refractivity contribution is -0.385. The van der Waals surface area contributed by atoms with Crippen molar-refractivity contribution < 1.29 is 29.1 Å². The van der Waals surface area contributed by atoms with Crippen molar-refractivity contribution in [3.63, 3.8) is 0 Å². The normalized spacial score (nSPS) is 11.5. The van der Waals surface area contributed by atoms with Crippen LogP contribution in [0, 0.1) is 10.1 Å². The Morgan fingerprint density at radius 2 is 2.11 bits per heavy atom. The van der Waals surface area contributed by atoms with Gasteiger partial charge in [0.25, 0.3) is 11.6 Å². The van der Waals surface area contributed by atoms with Gasteiger partial charge in [-0.05, 0) is 6.92 Å². The van der Waals surface area contributed by atoms with Gasteiger partial charge in [-0.15, -0.1) is 11.3 Å². The predicted octanol–water partition coefficient (Wildman–Crippen LogP) is 2.18. The van der Waals surface area contributed by atoms with Crippen molar-refractivity contribution >= 4 is 28.9 Å². The van der Waals surface area contributed by atoms with E-state index in [1.165, 1.54) is 38.5 Å². The second kappa shape index (κ2) is 8.45. The Labute approximate surface area is 158 Å². The van der Waals surface area contributed by atoms with E-state index in [1.807, 2.05) is 0 Å². The van der Waals surface area contributed by atoms with Gasteiger partial charge in [-0.25, -0.2) is 9.78 Å². The van der Waals surface area contributed by atoms with Gasteiger partial charge < -0.3 is 19.5 Å². The zero-order valence-corrected chi connectivity index (χ0v) is 15.6. The SMILES string of the molecule is COc1cc(C(=O)N(C)C(C)C(=O)O)c([N+](=O)[O-])cc1OCc1cscn1. The quantitative estimate of drug-likeness (QED) is 0.531. The van der Waals surface area contributed by atoms with Crippen LogP contribution >= 0.6 is 11.3 Å². The molecule has 0 saturated carbocycles. The molecule has 0 aliphatic heterocycles. The summed E-state index contributed by atoms with van der Waals surface area (Å²) in [6, 6.07) is 1.09. The van der Waals surface area contributed by atoms with E-state index in [1.54, 1.807) is 10.9 Å². The summed E-state index contributed by atoms with van der Waals surface area (Å²) in [5, 5.41) is 22.3. The standard InChI is InChI=1S/C16H17N3O7S/c1-9(16(21)22)18(2)15(20)11-4-13(25-3)14(5-12(11)19(23)24)26-6-10-7-27-8-17-10/h4-5,7-9H,6H2,1-3H3,(H,21,22). The number of aromatic nitrogens is 1. The molecule has 0 saturated heterocycles. The van der Waals surface area contributed by atoms with Crippen LogP contribution in [-0.2, 0) is 11.4 Å². The molecule has 1 amide bonds. The van der Waals surface area contributed by atoms with Gasteiger partial charge >= 0.3 is 5.97 Å². The number of hydrogen-bond acceptors (Lipinski definition) is 8. The van der Waals surface area contributed by atoms with Crippen molar-refractivity contribution in [3.05, 3.63) is 44.4 Å². The Hall–Kier alpha value is -3.21. The summed E-state index contributed by atoms with van der Waals surface area (Å²) < 4.78 is 10.7. The van der Waals surface area contributed by atoms with Crippen LogP contribution in [0.25, 0.3) is 0 Å². The van der Waals surface area contributed by atoms with Crippen molar-refractivity contribution in [3.8, 4) is 11.5 Å². The van der Waals surface area contributed by atoms with E-state index in [2.05, 4.69) is 4.98 Å². The molecule has 2 rings (SSSR count). The number of nitro groups is 1. The fourth-order valence-electron chi connectivity index (χ4n) is 2.14. The van der Waals surface area contributed by atoms with E-state index in [0.717, 1.165) is 11.0 Å². The summed E-state index contributed by atoms with van der Waals surface area (Å²) in [6.07, 6.45) is 0. The van der Waals surface area contributed by atoms with Gasteiger partial charge in [-0.1, -0.05) is 0 Å². The molecule has 10 nitrogen and oxygen atoms in total. The highest BCUT2D eigenvalue weighted by Crippen LogP contribution is 2.36.